The Morgan fingerprint density at radius 3 is 2.48 bits per heavy atom. The van der Waals surface area contributed by atoms with Crippen molar-refractivity contribution in [3.63, 3.8) is 0 Å². The number of rotatable bonds is 5. The first-order valence-corrected chi connectivity index (χ1v) is 7.69. The Balaban J connectivity index is 2.32. The lowest BCUT2D eigenvalue weighted by molar-refractivity contribution is 0.104. The van der Waals surface area contributed by atoms with Crippen LogP contribution in [0, 0.1) is 6.92 Å². The number of ketones is 1. The average Bonchev–Trinajstić information content (AvgIpc) is 2.55. The summed E-state index contributed by atoms with van der Waals surface area (Å²) in [7, 11) is 3.00. The van der Waals surface area contributed by atoms with Gasteiger partial charge in [0, 0.05) is 0 Å². The van der Waals surface area contributed by atoms with Crippen LogP contribution in [0.2, 0.25) is 0 Å². The number of hydrogen-bond acceptors (Lipinski definition) is 4. The van der Waals surface area contributed by atoms with E-state index in [0.717, 1.165) is 11.1 Å². The predicted molar refractivity (Wildman–Crippen MR) is 93.5 cm³/mol. The fourth-order valence-electron chi connectivity index (χ4n) is 2.12. The van der Waals surface area contributed by atoms with Crippen LogP contribution in [0.15, 0.2) is 40.9 Å². The van der Waals surface area contributed by atoms with Gasteiger partial charge in [-0.15, -0.1) is 0 Å². The normalized spacial score (nSPS) is 10.8. The highest BCUT2D eigenvalue weighted by Crippen LogP contribution is 2.35. The largest absolute Gasteiger partial charge is 0.503 e. The average molecular weight is 377 g/mol. The Hall–Kier alpha value is -2.27. The van der Waals surface area contributed by atoms with Crippen molar-refractivity contribution in [3.8, 4) is 17.2 Å². The summed E-state index contributed by atoms with van der Waals surface area (Å²) >= 11 is 3.25. The molecule has 0 aliphatic carbocycles. The minimum absolute atomic E-state index is 0.0244. The molecule has 1 N–H and O–H groups in total. The fourth-order valence-corrected chi connectivity index (χ4v) is 2.58. The molecule has 0 unspecified atom stereocenters. The molecule has 0 spiro atoms. The van der Waals surface area contributed by atoms with Crippen LogP contribution in [0.25, 0.3) is 6.08 Å². The first-order valence-electron chi connectivity index (χ1n) is 6.89. The molecule has 0 aromatic heterocycles. The number of hydrogen-bond donors (Lipinski definition) is 1. The number of ether oxygens (including phenoxy) is 2. The maximum Gasteiger partial charge on any atom is 0.189 e. The molecule has 0 heterocycles. The third-order valence-corrected chi connectivity index (χ3v) is 3.92. The molecule has 0 fully saturated rings. The third-order valence-electron chi connectivity index (χ3n) is 3.32. The molecular weight excluding hydrogens is 360 g/mol. The molecule has 0 amide bonds. The van der Waals surface area contributed by atoms with Crippen molar-refractivity contribution < 1.29 is 19.4 Å². The number of carbonyl (C=O) groups is 1. The summed E-state index contributed by atoms with van der Waals surface area (Å²) in [5.74, 6) is 0.736. The molecule has 5 heteroatoms. The molecule has 0 bridgehead atoms. The first kappa shape index (κ1) is 17.1. The monoisotopic (exact) mass is 376 g/mol. The lowest BCUT2D eigenvalue weighted by Gasteiger charge is -2.07. The van der Waals surface area contributed by atoms with Gasteiger partial charge in [0.05, 0.1) is 24.3 Å². The van der Waals surface area contributed by atoms with Crippen molar-refractivity contribution in [2.45, 2.75) is 6.92 Å². The van der Waals surface area contributed by atoms with Crippen LogP contribution in [0.3, 0.4) is 0 Å². The smallest absolute Gasteiger partial charge is 0.189 e. The van der Waals surface area contributed by atoms with Crippen molar-refractivity contribution in [2.75, 3.05) is 14.2 Å². The van der Waals surface area contributed by atoms with Gasteiger partial charge in [-0.1, -0.05) is 17.7 Å². The fraction of sp³-hybridized carbons (Fsp3) is 0.167. The molecule has 0 saturated heterocycles. The van der Waals surface area contributed by atoms with Crippen LogP contribution >= 0.6 is 15.9 Å². The second-order valence-corrected chi connectivity index (χ2v) is 5.81. The summed E-state index contributed by atoms with van der Waals surface area (Å²) < 4.78 is 10.8. The van der Waals surface area contributed by atoms with E-state index in [9.17, 15) is 9.90 Å². The molecule has 0 radical (unpaired) electrons. The van der Waals surface area contributed by atoms with E-state index in [0.29, 0.717) is 21.5 Å². The summed E-state index contributed by atoms with van der Waals surface area (Å²) in [6.45, 7) is 1.92. The molecule has 2 rings (SSSR count). The van der Waals surface area contributed by atoms with E-state index in [1.807, 2.05) is 13.0 Å². The van der Waals surface area contributed by atoms with Gasteiger partial charge in [0.15, 0.2) is 17.3 Å². The van der Waals surface area contributed by atoms with Gasteiger partial charge in [0.2, 0.25) is 0 Å². The standard InChI is InChI=1S/C18H17BrO4/c1-11-4-7-16(22-2)13(8-11)15(20)6-5-12-9-14(19)18(21)17(10-12)23-3/h4-10,21H,1-3H3/b6-5+. The van der Waals surface area contributed by atoms with E-state index >= 15 is 0 Å². The zero-order valence-corrected chi connectivity index (χ0v) is 14.7. The van der Waals surface area contributed by atoms with Crippen molar-refractivity contribution >= 4 is 27.8 Å². The predicted octanol–water partition coefficient (Wildman–Crippen LogP) is 4.38. The minimum atomic E-state index is -0.159. The highest BCUT2D eigenvalue weighted by Gasteiger charge is 2.11. The van der Waals surface area contributed by atoms with Gasteiger partial charge in [-0.2, -0.15) is 0 Å². The van der Waals surface area contributed by atoms with Crippen LogP contribution in [0.4, 0.5) is 0 Å². The highest BCUT2D eigenvalue weighted by molar-refractivity contribution is 9.10. The SMILES string of the molecule is COc1ccc(C)cc1C(=O)/C=C/c1cc(Br)c(O)c(OC)c1. The summed E-state index contributed by atoms with van der Waals surface area (Å²) in [6.07, 6.45) is 3.13. The zero-order valence-electron chi connectivity index (χ0n) is 13.1. The molecule has 0 atom stereocenters. The lowest BCUT2D eigenvalue weighted by Crippen LogP contribution is -1.99. The Labute approximate surface area is 143 Å². The number of halogens is 1. The van der Waals surface area contributed by atoms with Crippen molar-refractivity contribution in [1.29, 1.82) is 0 Å². The number of phenols is 1. The van der Waals surface area contributed by atoms with E-state index in [-0.39, 0.29) is 11.5 Å². The summed E-state index contributed by atoms with van der Waals surface area (Å²) in [5.41, 5.74) is 2.22. The van der Waals surface area contributed by atoms with Gasteiger partial charge in [-0.05, 0) is 58.8 Å². The van der Waals surface area contributed by atoms with Gasteiger partial charge in [-0.3, -0.25) is 4.79 Å². The maximum atomic E-state index is 12.4. The molecule has 23 heavy (non-hydrogen) atoms. The molecular formula is C18H17BrO4. The molecule has 120 valence electrons. The second-order valence-electron chi connectivity index (χ2n) is 4.95. The topological polar surface area (TPSA) is 55.8 Å². The second kappa shape index (κ2) is 7.33. The number of allylic oxidation sites excluding steroid dienone is 1. The van der Waals surface area contributed by atoms with E-state index < -0.39 is 0 Å². The molecule has 4 nitrogen and oxygen atoms in total. The first-order chi connectivity index (χ1) is 11.0. The third kappa shape index (κ3) is 3.93. The number of carbonyl (C=O) groups excluding carboxylic acids is 1. The minimum Gasteiger partial charge on any atom is -0.503 e. The van der Waals surface area contributed by atoms with Gasteiger partial charge in [0.25, 0.3) is 0 Å². The zero-order chi connectivity index (χ0) is 17.0. The Kier molecular flexibility index (Phi) is 5.45. The van der Waals surface area contributed by atoms with E-state index in [2.05, 4.69) is 15.9 Å². The van der Waals surface area contributed by atoms with Crippen molar-refractivity contribution in [2.24, 2.45) is 0 Å². The van der Waals surface area contributed by atoms with E-state index in [1.165, 1.54) is 20.3 Å². The Bertz CT molecular complexity index is 766. The quantitative estimate of drug-likeness (QED) is 0.621. The van der Waals surface area contributed by atoms with Crippen molar-refractivity contribution in [1.82, 2.24) is 0 Å². The molecule has 2 aromatic rings. The number of aromatic hydroxyl groups is 1. The number of methoxy groups -OCH3 is 2. The summed E-state index contributed by atoms with van der Waals surface area (Å²) in [5, 5.41) is 9.80. The molecule has 0 saturated carbocycles. The highest BCUT2D eigenvalue weighted by atomic mass is 79.9. The summed E-state index contributed by atoms with van der Waals surface area (Å²) in [6, 6.07) is 8.81. The van der Waals surface area contributed by atoms with Gasteiger partial charge in [-0.25, -0.2) is 0 Å². The molecule has 0 aliphatic rings. The Morgan fingerprint density at radius 1 is 1.13 bits per heavy atom. The van der Waals surface area contributed by atoms with Crippen LogP contribution in [-0.2, 0) is 0 Å². The Morgan fingerprint density at radius 2 is 1.83 bits per heavy atom. The number of phenolic OH excluding ortho intramolecular Hbond substituents is 1. The maximum absolute atomic E-state index is 12.4. The van der Waals surface area contributed by atoms with E-state index in [1.54, 1.807) is 30.3 Å². The lowest BCUT2D eigenvalue weighted by atomic mass is 10.1. The van der Waals surface area contributed by atoms with Crippen LogP contribution in [0.1, 0.15) is 21.5 Å². The number of benzene rings is 2. The van der Waals surface area contributed by atoms with Crippen LogP contribution in [0.5, 0.6) is 17.2 Å². The number of aryl methyl sites for hydroxylation is 1. The molecule has 2 aromatic carbocycles. The van der Waals surface area contributed by atoms with Gasteiger partial charge < -0.3 is 14.6 Å². The van der Waals surface area contributed by atoms with E-state index in [4.69, 9.17) is 9.47 Å². The van der Waals surface area contributed by atoms with Gasteiger partial charge >= 0.3 is 0 Å². The van der Waals surface area contributed by atoms with Gasteiger partial charge in [0.1, 0.15) is 5.75 Å². The van der Waals surface area contributed by atoms with Crippen LogP contribution in [-0.4, -0.2) is 25.1 Å². The van der Waals surface area contributed by atoms with Crippen molar-refractivity contribution in [3.05, 3.63) is 57.6 Å². The molecule has 0 aliphatic heterocycles. The summed E-state index contributed by atoms with van der Waals surface area (Å²) in [4.78, 5) is 12.4. The van der Waals surface area contributed by atoms with Crippen LogP contribution < -0.4 is 9.47 Å².